The van der Waals surface area contributed by atoms with Gasteiger partial charge in [-0.1, -0.05) is 6.07 Å². The summed E-state index contributed by atoms with van der Waals surface area (Å²) in [6.45, 7) is 0.401. The van der Waals surface area contributed by atoms with Gasteiger partial charge in [0, 0.05) is 25.2 Å². The topological polar surface area (TPSA) is 101 Å². The molecule has 0 bridgehead atoms. The maximum absolute atomic E-state index is 12.0. The van der Waals surface area contributed by atoms with Crippen LogP contribution in [0, 0.1) is 0 Å². The molecule has 6 nitrogen and oxygen atoms in total. The van der Waals surface area contributed by atoms with Crippen molar-refractivity contribution in [3.63, 3.8) is 0 Å². The average Bonchev–Trinajstić information content (AvgIpc) is 2.46. The first kappa shape index (κ1) is 21.2. The minimum atomic E-state index is -3.59. The first-order valence-corrected chi connectivity index (χ1v) is 9.46. The lowest BCUT2D eigenvalue weighted by atomic mass is 10.3. The van der Waals surface area contributed by atoms with Crippen LogP contribution in [0.3, 0.4) is 0 Å². The zero-order chi connectivity index (χ0) is 15.7. The van der Waals surface area contributed by atoms with Crippen molar-refractivity contribution in [3.8, 4) is 0 Å². The molecule has 0 spiro atoms. The Balaban J connectivity index is 0.00000441. The smallest absolute Gasteiger partial charge is 0.240 e. The zero-order valence-corrected chi connectivity index (χ0v) is 14.8. The molecule has 1 aromatic carbocycles. The van der Waals surface area contributed by atoms with Gasteiger partial charge < -0.3 is 11.1 Å². The molecule has 4 N–H and O–H groups in total. The van der Waals surface area contributed by atoms with E-state index in [0.29, 0.717) is 12.1 Å². The summed E-state index contributed by atoms with van der Waals surface area (Å²) < 4.78 is 26.3. The van der Waals surface area contributed by atoms with E-state index < -0.39 is 10.0 Å². The number of halogens is 1. The normalized spacial score (nSPS) is 10.8. The summed E-state index contributed by atoms with van der Waals surface area (Å²) in [6.07, 6.45) is 3.20. The van der Waals surface area contributed by atoms with E-state index in [1.807, 2.05) is 6.26 Å². The van der Waals surface area contributed by atoms with Gasteiger partial charge in [-0.2, -0.15) is 11.8 Å². The number of nitrogens with two attached hydrogens (primary N) is 1. The molecule has 0 heterocycles. The molecule has 0 aliphatic heterocycles. The van der Waals surface area contributed by atoms with Gasteiger partial charge in [-0.05, 0) is 36.6 Å². The molecule has 1 rings (SSSR count). The standard InChI is InChI=1S/C13H21N3O3S2.ClH/c1-20-9-3-6-13(17)16-11-4-2-5-12(10-11)21(18,19)15-8-7-14;/h2,4-5,10,15H,3,6-9,14H2,1H3,(H,16,17);1H. The Morgan fingerprint density at radius 1 is 1.36 bits per heavy atom. The molecule has 0 aliphatic carbocycles. The molecule has 126 valence electrons. The van der Waals surface area contributed by atoms with Crippen molar-refractivity contribution < 1.29 is 13.2 Å². The summed E-state index contributed by atoms with van der Waals surface area (Å²) in [5.74, 6) is 0.804. The number of carbonyl (C=O) groups is 1. The Bertz CT molecular complexity index is 567. The lowest BCUT2D eigenvalue weighted by Crippen LogP contribution is -2.29. The highest BCUT2D eigenvalue weighted by Crippen LogP contribution is 2.15. The second-order valence-corrected chi connectivity index (χ2v) is 7.11. The van der Waals surface area contributed by atoms with Crippen LogP contribution in [0.2, 0.25) is 0 Å². The van der Waals surface area contributed by atoms with E-state index in [1.54, 1.807) is 23.9 Å². The zero-order valence-electron chi connectivity index (χ0n) is 12.4. The summed E-state index contributed by atoms with van der Waals surface area (Å²) in [4.78, 5) is 11.8. The van der Waals surface area contributed by atoms with Crippen LogP contribution in [-0.2, 0) is 14.8 Å². The second-order valence-electron chi connectivity index (χ2n) is 4.36. The number of amides is 1. The third kappa shape index (κ3) is 7.46. The Morgan fingerprint density at radius 2 is 2.09 bits per heavy atom. The number of benzene rings is 1. The molecule has 1 aromatic rings. The van der Waals surface area contributed by atoms with Gasteiger partial charge in [0.1, 0.15) is 0 Å². The van der Waals surface area contributed by atoms with E-state index >= 15 is 0 Å². The van der Waals surface area contributed by atoms with Gasteiger partial charge in [-0.3, -0.25) is 4.79 Å². The fourth-order valence-electron chi connectivity index (χ4n) is 1.62. The van der Waals surface area contributed by atoms with Crippen LogP contribution in [0.5, 0.6) is 0 Å². The summed E-state index contributed by atoms with van der Waals surface area (Å²) in [6, 6.07) is 6.16. The van der Waals surface area contributed by atoms with Gasteiger partial charge >= 0.3 is 0 Å². The quantitative estimate of drug-likeness (QED) is 0.573. The fourth-order valence-corrected chi connectivity index (χ4v) is 3.14. The molecule has 0 unspecified atom stereocenters. The van der Waals surface area contributed by atoms with E-state index in [4.69, 9.17) is 5.73 Å². The maximum Gasteiger partial charge on any atom is 0.240 e. The van der Waals surface area contributed by atoms with Gasteiger partial charge in [-0.25, -0.2) is 13.1 Å². The molecule has 22 heavy (non-hydrogen) atoms. The molecule has 9 heteroatoms. The predicted octanol–water partition coefficient (Wildman–Crippen LogP) is 1.43. The molecule has 0 atom stereocenters. The van der Waals surface area contributed by atoms with E-state index in [0.717, 1.165) is 12.2 Å². The number of sulfonamides is 1. The Labute approximate surface area is 142 Å². The Hall–Kier alpha value is -0.800. The first-order chi connectivity index (χ1) is 9.99. The van der Waals surface area contributed by atoms with Crippen molar-refractivity contribution in [2.75, 3.05) is 30.4 Å². The molecule has 0 saturated carbocycles. The minimum absolute atomic E-state index is 0. The summed E-state index contributed by atoms with van der Waals surface area (Å²) in [5, 5.41) is 2.70. The van der Waals surface area contributed by atoms with Gasteiger partial charge in [-0.15, -0.1) is 12.4 Å². The van der Waals surface area contributed by atoms with Crippen molar-refractivity contribution in [2.24, 2.45) is 5.73 Å². The molecular formula is C13H22ClN3O3S2. The van der Waals surface area contributed by atoms with Gasteiger partial charge in [0.25, 0.3) is 0 Å². The molecule has 0 saturated heterocycles. The molecule has 0 aliphatic rings. The van der Waals surface area contributed by atoms with Crippen LogP contribution >= 0.6 is 24.2 Å². The van der Waals surface area contributed by atoms with E-state index in [9.17, 15) is 13.2 Å². The van der Waals surface area contributed by atoms with Crippen LogP contribution in [0.15, 0.2) is 29.2 Å². The average molecular weight is 368 g/mol. The van der Waals surface area contributed by atoms with Crippen molar-refractivity contribution in [3.05, 3.63) is 24.3 Å². The van der Waals surface area contributed by atoms with Crippen molar-refractivity contribution in [1.29, 1.82) is 0 Å². The second kappa shape index (κ2) is 10.8. The third-order valence-electron chi connectivity index (χ3n) is 2.62. The molecule has 1 amide bonds. The van der Waals surface area contributed by atoms with Crippen molar-refractivity contribution in [1.82, 2.24) is 4.72 Å². The number of hydrogen-bond donors (Lipinski definition) is 3. The minimum Gasteiger partial charge on any atom is -0.329 e. The molecule has 0 fully saturated rings. The van der Waals surface area contributed by atoms with Crippen LogP contribution in [0.25, 0.3) is 0 Å². The number of thioether (sulfide) groups is 1. The van der Waals surface area contributed by atoms with E-state index in [2.05, 4.69) is 10.0 Å². The predicted molar refractivity (Wildman–Crippen MR) is 94.2 cm³/mol. The fraction of sp³-hybridized carbons (Fsp3) is 0.462. The largest absolute Gasteiger partial charge is 0.329 e. The Kier molecular flexibility index (Phi) is 10.5. The third-order valence-corrected chi connectivity index (χ3v) is 4.77. The van der Waals surface area contributed by atoms with Crippen LogP contribution in [0.4, 0.5) is 5.69 Å². The van der Waals surface area contributed by atoms with Crippen LogP contribution in [-0.4, -0.2) is 39.4 Å². The summed E-state index contributed by atoms with van der Waals surface area (Å²) >= 11 is 1.69. The number of hydrogen-bond acceptors (Lipinski definition) is 5. The highest BCUT2D eigenvalue weighted by Gasteiger charge is 2.13. The van der Waals surface area contributed by atoms with Gasteiger partial charge in [0.15, 0.2) is 0 Å². The van der Waals surface area contributed by atoms with E-state index in [-0.39, 0.29) is 36.3 Å². The summed E-state index contributed by atoms with van der Waals surface area (Å²) in [7, 11) is -3.59. The van der Waals surface area contributed by atoms with E-state index in [1.165, 1.54) is 12.1 Å². The SMILES string of the molecule is CSCCCC(=O)Nc1cccc(S(=O)(=O)NCCN)c1.Cl. The van der Waals surface area contributed by atoms with Crippen molar-refractivity contribution >= 4 is 45.8 Å². The summed E-state index contributed by atoms with van der Waals surface area (Å²) in [5.41, 5.74) is 5.75. The maximum atomic E-state index is 12.0. The van der Waals surface area contributed by atoms with Crippen LogP contribution < -0.4 is 15.8 Å². The Morgan fingerprint density at radius 3 is 2.73 bits per heavy atom. The number of carbonyl (C=O) groups excluding carboxylic acids is 1. The van der Waals surface area contributed by atoms with Crippen LogP contribution in [0.1, 0.15) is 12.8 Å². The van der Waals surface area contributed by atoms with Crippen molar-refractivity contribution in [2.45, 2.75) is 17.7 Å². The highest BCUT2D eigenvalue weighted by atomic mass is 35.5. The number of anilines is 1. The lowest BCUT2D eigenvalue weighted by molar-refractivity contribution is -0.116. The number of nitrogens with one attached hydrogen (secondary N) is 2. The lowest BCUT2D eigenvalue weighted by Gasteiger charge is -2.09. The number of rotatable bonds is 9. The highest BCUT2D eigenvalue weighted by molar-refractivity contribution is 7.98. The monoisotopic (exact) mass is 367 g/mol. The van der Waals surface area contributed by atoms with Gasteiger partial charge in [0.05, 0.1) is 4.90 Å². The van der Waals surface area contributed by atoms with Gasteiger partial charge in [0.2, 0.25) is 15.9 Å². The molecule has 0 radical (unpaired) electrons. The first-order valence-electron chi connectivity index (χ1n) is 6.58. The molecular weight excluding hydrogens is 346 g/mol. The molecule has 0 aromatic heterocycles.